The molecule has 0 unspecified atom stereocenters. The number of carbonyl (C=O) groups excluding carboxylic acids is 3. The zero-order chi connectivity index (χ0) is 20.4. The van der Waals surface area contributed by atoms with Crippen LogP contribution in [0.3, 0.4) is 0 Å². The topological polar surface area (TPSA) is 105 Å². The first-order valence-corrected chi connectivity index (χ1v) is 8.99. The number of amidine groups is 1. The van der Waals surface area contributed by atoms with Crippen LogP contribution in [0.1, 0.15) is 30.9 Å². The average molecular weight is 378 g/mol. The quantitative estimate of drug-likeness (QED) is 0.616. The summed E-state index contributed by atoms with van der Waals surface area (Å²) < 4.78 is 0. The molecular weight excluding hydrogens is 356 g/mol. The van der Waals surface area contributed by atoms with E-state index < -0.39 is 23.5 Å². The molecule has 0 saturated carbocycles. The van der Waals surface area contributed by atoms with E-state index in [0.717, 1.165) is 16.1 Å². The van der Waals surface area contributed by atoms with Gasteiger partial charge in [-0.25, -0.2) is 0 Å². The van der Waals surface area contributed by atoms with Gasteiger partial charge in [-0.15, -0.1) is 0 Å². The van der Waals surface area contributed by atoms with E-state index in [1.165, 1.54) is 0 Å². The second-order valence-corrected chi connectivity index (χ2v) is 6.96. The number of nitrogens with two attached hydrogens (primary N) is 1. The van der Waals surface area contributed by atoms with Crippen molar-refractivity contribution >= 4 is 34.8 Å². The van der Waals surface area contributed by atoms with E-state index in [1.807, 2.05) is 39.0 Å². The molecule has 2 aromatic carbocycles. The number of anilines is 2. The smallest absolute Gasteiger partial charge is 0.293 e. The van der Waals surface area contributed by atoms with Crippen LogP contribution < -0.4 is 16.1 Å². The lowest BCUT2D eigenvalue weighted by atomic mass is 9.97. The number of hydrazone groups is 1. The van der Waals surface area contributed by atoms with Crippen molar-refractivity contribution in [3.05, 3.63) is 59.7 Å². The van der Waals surface area contributed by atoms with Crippen molar-refractivity contribution in [1.29, 1.82) is 0 Å². The summed E-state index contributed by atoms with van der Waals surface area (Å²) in [6.07, 6.45) is 0. The van der Waals surface area contributed by atoms with Crippen molar-refractivity contribution in [3.63, 3.8) is 0 Å². The number of nitrogens with zero attached hydrogens (tertiary/aromatic N) is 2. The number of ketones is 1. The normalized spacial score (nSPS) is 16.3. The number of aryl methyl sites for hydroxylation is 1. The minimum atomic E-state index is -1.42. The number of hydrogen-bond acceptors (Lipinski definition) is 5. The van der Waals surface area contributed by atoms with Crippen LogP contribution in [-0.2, 0) is 14.4 Å². The van der Waals surface area contributed by atoms with Gasteiger partial charge in [0.25, 0.3) is 11.8 Å². The van der Waals surface area contributed by atoms with Gasteiger partial charge < -0.3 is 11.1 Å². The zero-order valence-electron chi connectivity index (χ0n) is 16.0. The van der Waals surface area contributed by atoms with E-state index in [1.54, 1.807) is 30.3 Å². The summed E-state index contributed by atoms with van der Waals surface area (Å²) in [5.41, 5.74) is 8.62. The van der Waals surface area contributed by atoms with Crippen LogP contribution in [0, 0.1) is 12.8 Å². The number of para-hydroxylation sites is 2. The molecule has 1 aliphatic heterocycles. The Kier molecular flexibility index (Phi) is 5.26. The molecular formula is C21H22N4O3. The largest absolute Gasteiger partial charge is 0.385 e. The molecule has 1 atom stereocenters. The summed E-state index contributed by atoms with van der Waals surface area (Å²) >= 11 is 0. The Labute approximate surface area is 163 Å². The molecule has 0 aromatic heterocycles. The molecule has 0 radical (unpaired) electrons. The van der Waals surface area contributed by atoms with Crippen LogP contribution in [0.4, 0.5) is 11.4 Å². The second kappa shape index (κ2) is 7.64. The maximum Gasteiger partial charge on any atom is 0.293 e. The molecule has 28 heavy (non-hydrogen) atoms. The van der Waals surface area contributed by atoms with Crippen molar-refractivity contribution in [2.45, 2.75) is 26.7 Å². The van der Waals surface area contributed by atoms with Gasteiger partial charge in [0.05, 0.1) is 5.69 Å². The van der Waals surface area contributed by atoms with Gasteiger partial charge in [0.15, 0.2) is 5.92 Å². The van der Waals surface area contributed by atoms with E-state index in [0.29, 0.717) is 11.4 Å². The molecule has 3 N–H and O–H groups in total. The summed E-state index contributed by atoms with van der Waals surface area (Å²) in [5, 5.41) is 7.69. The van der Waals surface area contributed by atoms with Crippen LogP contribution in [0.25, 0.3) is 0 Å². The fourth-order valence-electron chi connectivity index (χ4n) is 3.12. The highest BCUT2D eigenvalue weighted by atomic mass is 16.2. The molecule has 7 nitrogen and oxygen atoms in total. The molecule has 0 fully saturated rings. The van der Waals surface area contributed by atoms with Gasteiger partial charge >= 0.3 is 0 Å². The molecule has 144 valence electrons. The summed E-state index contributed by atoms with van der Waals surface area (Å²) in [6.45, 7) is 5.84. The Morgan fingerprint density at radius 1 is 1.11 bits per heavy atom. The molecule has 2 amide bonds. The average Bonchev–Trinajstić information content (AvgIpc) is 2.97. The van der Waals surface area contributed by atoms with E-state index in [9.17, 15) is 14.4 Å². The predicted molar refractivity (Wildman–Crippen MR) is 108 cm³/mol. The van der Waals surface area contributed by atoms with Crippen molar-refractivity contribution in [2.24, 2.45) is 16.8 Å². The summed E-state index contributed by atoms with van der Waals surface area (Å²) in [5.74, 6) is -3.92. The highest BCUT2D eigenvalue weighted by Crippen LogP contribution is 2.28. The van der Waals surface area contributed by atoms with Crippen molar-refractivity contribution < 1.29 is 14.4 Å². The lowest BCUT2D eigenvalue weighted by Gasteiger charge is -2.17. The summed E-state index contributed by atoms with van der Waals surface area (Å²) in [7, 11) is 0. The number of carbonyl (C=O) groups is 3. The molecule has 2 aromatic rings. The van der Waals surface area contributed by atoms with Gasteiger partial charge in [-0.2, -0.15) is 10.1 Å². The zero-order valence-corrected chi connectivity index (χ0v) is 16.0. The van der Waals surface area contributed by atoms with Crippen LogP contribution in [0.2, 0.25) is 0 Å². The van der Waals surface area contributed by atoms with Crippen LogP contribution in [0.5, 0.6) is 0 Å². The number of Topliss-reactive ketones (excluding diaryl/α,β-unsaturated/α-hetero) is 1. The highest BCUT2D eigenvalue weighted by Gasteiger charge is 2.43. The number of benzene rings is 2. The highest BCUT2D eigenvalue weighted by molar-refractivity contribution is 6.50. The van der Waals surface area contributed by atoms with Gasteiger partial charge in [-0.05, 0) is 36.1 Å². The van der Waals surface area contributed by atoms with Gasteiger partial charge in [-0.3, -0.25) is 14.4 Å². The lowest BCUT2D eigenvalue weighted by molar-refractivity contribution is -0.138. The van der Waals surface area contributed by atoms with E-state index in [-0.39, 0.29) is 11.8 Å². The fourth-order valence-corrected chi connectivity index (χ4v) is 3.12. The molecule has 0 saturated heterocycles. The monoisotopic (exact) mass is 378 g/mol. The SMILES string of the molecule is Cc1cccc(C(C)C)c1NC(=O)C(=O)[C@H]1C(=O)N(c2ccccc2)N=C1N. The number of rotatable bonds is 5. The Morgan fingerprint density at radius 2 is 1.79 bits per heavy atom. The van der Waals surface area contributed by atoms with E-state index in [2.05, 4.69) is 10.4 Å². The Balaban J connectivity index is 1.83. The van der Waals surface area contributed by atoms with Gasteiger partial charge in [0.2, 0.25) is 5.78 Å². The molecule has 0 aliphatic carbocycles. The Morgan fingerprint density at radius 3 is 2.43 bits per heavy atom. The lowest BCUT2D eigenvalue weighted by Crippen LogP contribution is -2.41. The number of hydrogen-bond donors (Lipinski definition) is 2. The van der Waals surface area contributed by atoms with Crippen molar-refractivity contribution in [3.8, 4) is 0 Å². The standard InChI is InChI=1S/C21H22N4O3/c1-12(2)15-11-7-8-13(3)17(15)23-20(27)18(26)16-19(22)24-25(21(16)28)14-9-5-4-6-10-14/h4-12,16H,1-3H3,(H2,22,24)(H,23,27)/t16-/m1/s1. The van der Waals surface area contributed by atoms with E-state index >= 15 is 0 Å². The Hall–Kier alpha value is -3.48. The molecule has 1 aliphatic rings. The molecule has 3 rings (SSSR count). The van der Waals surface area contributed by atoms with Crippen LogP contribution in [-0.4, -0.2) is 23.4 Å². The molecule has 0 bridgehead atoms. The third-order valence-corrected chi connectivity index (χ3v) is 4.62. The Bertz CT molecular complexity index is 967. The van der Waals surface area contributed by atoms with Crippen molar-refractivity contribution in [1.82, 2.24) is 0 Å². The number of nitrogens with one attached hydrogen (secondary N) is 1. The van der Waals surface area contributed by atoms with Gasteiger partial charge in [-0.1, -0.05) is 50.2 Å². The summed E-state index contributed by atoms with van der Waals surface area (Å²) in [4.78, 5) is 38.0. The van der Waals surface area contributed by atoms with E-state index in [4.69, 9.17) is 5.73 Å². The first-order chi connectivity index (χ1) is 13.3. The number of amides is 2. The fraction of sp³-hybridized carbons (Fsp3) is 0.238. The van der Waals surface area contributed by atoms with Crippen molar-refractivity contribution in [2.75, 3.05) is 10.3 Å². The third kappa shape index (κ3) is 3.51. The summed E-state index contributed by atoms with van der Waals surface area (Å²) in [6, 6.07) is 14.2. The predicted octanol–water partition coefficient (Wildman–Crippen LogP) is 2.56. The molecule has 1 heterocycles. The maximum absolute atomic E-state index is 12.7. The van der Waals surface area contributed by atoms with Gasteiger partial charge in [0.1, 0.15) is 5.84 Å². The van der Waals surface area contributed by atoms with Gasteiger partial charge in [0, 0.05) is 5.69 Å². The first kappa shape index (κ1) is 19.3. The maximum atomic E-state index is 12.7. The minimum Gasteiger partial charge on any atom is -0.385 e. The molecule has 0 spiro atoms. The van der Waals surface area contributed by atoms with Crippen LogP contribution in [0.15, 0.2) is 53.6 Å². The third-order valence-electron chi connectivity index (χ3n) is 4.62. The minimum absolute atomic E-state index is 0.151. The molecule has 7 heteroatoms. The second-order valence-electron chi connectivity index (χ2n) is 6.96. The first-order valence-electron chi connectivity index (χ1n) is 8.99. The van der Waals surface area contributed by atoms with Crippen LogP contribution >= 0.6 is 0 Å².